The molecular weight excluding hydrogens is 446 g/mol. The number of nitrogens with zero attached hydrogens (tertiary/aromatic N) is 1. The van der Waals surface area contributed by atoms with Gasteiger partial charge in [0, 0.05) is 19.5 Å². The number of nitrogens with one attached hydrogen (secondary N) is 1. The van der Waals surface area contributed by atoms with Crippen LogP contribution in [0.25, 0.3) is 11.1 Å². The van der Waals surface area contributed by atoms with Crippen LogP contribution in [0.4, 0.5) is 13.6 Å². The molecule has 1 saturated carbocycles. The molecule has 2 aliphatic carbocycles. The Kier molecular flexibility index (Phi) is 5.83. The molecule has 2 aromatic rings. The Hall–Kier alpha value is -3.49. The molecule has 0 saturated heterocycles. The summed E-state index contributed by atoms with van der Waals surface area (Å²) in [6, 6.07) is 15.6. The van der Waals surface area contributed by atoms with Gasteiger partial charge in [0.25, 0.3) is 5.92 Å². The van der Waals surface area contributed by atoms with Crippen LogP contribution >= 0.6 is 0 Å². The lowest BCUT2D eigenvalue weighted by Crippen LogP contribution is -2.51. The standard InChI is InChI=1S/C25H26F2N2O5/c1-24(2,22(31)32)29(3)21(30)20-19(25(20,26)27)12-28-23(33)34-13-18-16-10-6-4-8-14(16)15-9-5-7-11-17(15)18/h4-11,18-20H,12-13H2,1-3H3,(H,28,33)(H,31,32). The number of hydrogen-bond acceptors (Lipinski definition) is 4. The molecule has 34 heavy (non-hydrogen) atoms. The van der Waals surface area contributed by atoms with E-state index in [-0.39, 0.29) is 12.5 Å². The van der Waals surface area contributed by atoms with Gasteiger partial charge in [0.1, 0.15) is 18.1 Å². The van der Waals surface area contributed by atoms with E-state index in [1.54, 1.807) is 0 Å². The fourth-order valence-corrected chi connectivity index (χ4v) is 4.45. The van der Waals surface area contributed by atoms with Gasteiger partial charge in [-0.15, -0.1) is 0 Å². The summed E-state index contributed by atoms with van der Waals surface area (Å²) in [6.45, 7) is 2.11. The van der Waals surface area contributed by atoms with Crippen molar-refractivity contribution in [3.8, 4) is 11.1 Å². The molecular formula is C25H26F2N2O5. The maximum atomic E-state index is 14.3. The van der Waals surface area contributed by atoms with Crippen molar-refractivity contribution in [1.82, 2.24) is 10.2 Å². The molecule has 0 spiro atoms. The number of carboxylic acid groups (broad SMARTS) is 1. The number of fused-ring (bicyclic) bond motifs is 3. The Bertz CT molecular complexity index is 1100. The summed E-state index contributed by atoms with van der Waals surface area (Å²) < 4.78 is 33.9. The average molecular weight is 472 g/mol. The Labute approximate surface area is 195 Å². The van der Waals surface area contributed by atoms with Crippen LogP contribution < -0.4 is 5.32 Å². The maximum absolute atomic E-state index is 14.3. The normalized spacial score (nSPS) is 20.1. The minimum Gasteiger partial charge on any atom is -0.480 e. The third kappa shape index (κ3) is 3.89. The molecule has 2 unspecified atom stereocenters. The number of hydrogen-bond donors (Lipinski definition) is 2. The molecule has 2 atom stereocenters. The van der Waals surface area contributed by atoms with Gasteiger partial charge in [-0.25, -0.2) is 18.4 Å². The Morgan fingerprint density at radius 1 is 1.06 bits per heavy atom. The number of carboxylic acids is 1. The first-order valence-corrected chi connectivity index (χ1v) is 11.0. The first-order chi connectivity index (χ1) is 16.0. The lowest BCUT2D eigenvalue weighted by molar-refractivity contribution is -0.156. The lowest BCUT2D eigenvalue weighted by Gasteiger charge is -2.31. The van der Waals surface area contributed by atoms with E-state index in [1.807, 2.05) is 48.5 Å². The summed E-state index contributed by atoms with van der Waals surface area (Å²) in [4.78, 5) is 36.9. The highest BCUT2D eigenvalue weighted by Crippen LogP contribution is 2.56. The SMILES string of the molecule is CN(C(=O)C1C(CNC(=O)OCC2c3ccccc3-c3ccccc32)C1(F)F)C(C)(C)C(=O)O. The zero-order chi connectivity index (χ0) is 24.8. The lowest BCUT2D eigenvalue weighted by atomic mass is 9.98. The van der Waals surface area contributed by atoms with E-state index in [0.717, 1.165) is 27.2 Å². The highest BCUT2D eigenvalue weighted by Gasteiger charge is 2.72. The fraction of sp³-hybridized carbons (Fsp3) is 0.400. The topological polar surface area (TPSA) is 95.9 Å². The molecule has 0 radical (unpaired) electrons. The molecule has 180 valence electrons. The number of alkyl halides is 2. The Morgan fingerprint density at radius 2 is 1.59 bits per heavy atom. The molecule has 7 nitrogen and oxygen atoms in total. The predicted molar refractivity (Wildman–Crippen MR) is 119 cm³/mol. The molecule has 2 N–H and O–H groups in total. The van der Waals surface area contributed by atoms with Crippen molar-refractivity contribution in [3.63, 3.8) is 0 Å². The van der Waals surface area contributed by atoms with Crippen molar-refractivity contribution in [2.24, 2.45) is 11.8 Å². The first kappa shape index (κ1) is 23.7. The van der Waals surface area contributed by atoms with Gasteiger partial charge < -0.3 is 20.1 Å². The van der Waals surface area contributed by atoms with Crippen molar-refractivity contribution >= 4 is 18.0 Å². The van der Waals surface area contributed by atoms with E-state index in [2.05, 4.69) is 5.32 Å². The van der Waals surface area contributed by atoms with Gasteiger partial charge in [-0.05, 0) is 36.1 Å². The van der Waals surface area contributed by atoms with Crippen molar-refractivity contribution in [2.45, 2.75) is 31.2 Å². The quantitative estimate of drug-likeness (QED) is 0.640. The van der Waals surface area contributed by atoms with Crippen LogP contribution in [-0.2, 0) is 14.3 Å². The average Bonchev–Trinajstić information content (AvgIpc) is 3.21. The number of alkyl carbamates (subject to hydrolysis) is 1. The molecule has 2 amide bonds. The summed E-state index contributed by atoms with van der Waals surface area (Å²) >= 11 is 0. The van der Waals surface area contributed by atoms with Gasteiger partial charge in [0.2, 0.25) is 5.91 Å². The largest absolute Gasteiger partial charge is 0.480 e. The highest BCUT2D eigenvalue weighted by molar-refractivity contribution is 5.90. The van der Waals surface area contributed by atoms with Crippen molar-refractivity contribution in [3.05, 3.63) is 59.7 Å². The van der Waals surface area contributed by atoms with E-state index < -0.39 is 47.8 Å². The second kappa shape index (κ2) is 8.38. The van der Waals surface area contributed by atoms with Crippen LogP contribution in [0.2, 0.25) is 0 Å². The number of carbonyl (C=O) groups excluding carboxylic acids is 2. The van der Waals surface area contributed by atoms with Crippen LogP contribution in [-0.4, -0.2) is 59.6 Å². The van der Waals surface area contributed by atoms with Gasteiger partial charge in [-0.2, -0.15) is 0 Å². The van der Waals surface area contributed by atoms with E-state index in [0.29, 0.717) is 0 Å². The summed E-state index contributed by atoms with van der Waals surface area (Å²) in [7, 11) is 1.18. The third-order valence-corrected chi connectivity index (χ3v) is 6.97. The van der Waals surface area contributed by atoms with Crippen LogP contribution in [0.5, 0.6) is 0 Å². The van der Waals surface area contributed by atoms with Gasteiger partial charge in [-0.3, -0.25) is 4.79 Å². The van der Waals surface area contributed by atoms with Gasteiger partial charge in [-0.1, -0.05) is 48.5 Å². The van der Waals surface area contributed by atoms with E-state index in [4.69, 9.17) is 4.74 Å². The molecule has 9 heteroatoms. The minimum atomic E-state index is -3.34. The molecule has 1 fully saturated rings. The Morgan fingerprint density at radius 3 is 2.12 bits per heavy atom. The highest BCUT2D eigenvalue weighted by atomic mass is 19.3. The van der Waals surface area contributed by atoms with Crippen LogP contribution in [0, 0.1) is 11.8 Å². The first-order valence-electron chi connectivity index (χ1n) is 11.0. The van der Waals surface area contributed by atoms with Crippen molar-refractivity contribution in [1.29, 1.82) is 0 Å². The molecule has 0 heterocycles. The number of rotatable bonds is 7. The zero-order valence-corrected chi connectivity index (χ0v) is 19.0. The van der Waals surface area contributed by atoms with Crippen LogP contribution in [0.3, 0.4) is 0 Å². The van der Waals surface area contributed by atoms with Crippen molar-refractivity contribution in [2.75, 3.05) is 20.2 Å². The maximum Gasteiger partial charge on any atom is 0.407 e. The third-order valence-electron chi connectivity index (χ3n) is 6.97. The number of benzene rings is 2. The number of aliphatic carboxylic acids is 1. The van der Waals surface area contributed by atoms with Crippen molar-refractivity contribution < 1.29 is 33.0 Å². The summed E-state index contributed by atoms with van der Waals surface area (Å²) in [5.41, 5.74) is 2.56. The number of ether oxygens (including phenoxy) is 1. The second-order valence-corrected chi connectivity index (χ2v) is 9.23. The minimum absolute atomic E-state index is 0.0405. The number of halogens is 2. The molecule has 2 aromatic carbocycles. The smallest absolute Gasteiger partial charge is 0.407 e. The van der Waals surface area contributed by atoms with Gasteiger partial charge in [0.15, 0.2) is 0 Å². The molecule has 0 aromatic heterocycles. The van der Waals surface area contributed by atoms with E-state index in [1.165, 1.54) is 20.9 Å². The molecule has 0 bridgehead atoms. The molecule has 4 rings (SSSR count). The van der Waals surface area contributed by atoms with E-state index >= 15 is 0 Å². The predicted octanol–water partition coefficient (Wildman–Crippen LogP) is 3.73. The monoisotopic (exact) mass is 472 g/mol. The summed E-state index contributed by atoms with van der Waals surface area (Å²) in [5.74, 6) is -8.90. The van der Waals surface area contributed by atoms with E-state index in [9.17, 15) is 28.3 Å². The fourth-order valence-electron chi connectivity index (χ4n) is 4.45. The molecule has 2 aliphatic rings. The van der Waals surface area contributed by atoms with Crippen LogP contribution in [0.1, 0.15) is 30.9 Å². The molecule has 0 aliphatic heterocycles. The van der Waals surface area contributed by atoms with Gasteiger partial charge >= 0.3 is 12.1 Å². The van der Waals surface area contributed by atoms with Gasteiger partial charge in [0.05, 0.1) is 5.92 Å². The Balaban J connectivity index is 1.35. The number of amides is 2. The second-order valence-electron chi connectivity index (χ2n) is 9.23. The summed E-state index contributed by atoms with van der Waals surface area (Å²) in [6.07, 6.45) is -0.852. The number of likely N-dealkylation sites (N-methyl/N-ethyl adjacent to an activating group) is 1. The van der Waals surface area contributed by atoms with Crippen LogP contribution in [0.15, 0.2) is 48.5 Å². The summed E-state index contributed by atoms with van der Waals surface area (Å²) in [5, 5.41) is 11.6. The zero-order valence-electron chi connectivity index (χ0n) is 19.0. The number of carbonyl (C=O) groups is 3.